The Hall–Kier alpha value is -2.01. The average molecular weight is 321 g/mol. The quantitative estimate of drug-likeness (QED) is 0.803. The fourth-order valence-corrected chi connectivity index (χ4v) is 2.29. The topological polar surface area (TPSA) is 59.0 Å². The van der Waals surface area contributed by atoms with Gasteiger partial charge in [-0.05, 0) is 24.1 Å². The Balaban J connectivity index is 2.17. The number of carbonyl (C=O) groups is 1. The molecule has 118 valence electrons. The first kappa shape index (κ1) is 16.4. The number of carbonyl (C=O) groups excluding carboxylic acids is 1. The number of amides is 2. The number of benzene rings is 1. The Morgan fingerprint density at radius 3 is 2.68 bits per heavy atom. The maximum absolute atomic E-state index is 12.1. The molecule has 0 saturated carbocycles. The van der Waals surface area contributed by atoms with E-state index in [0.717, 1.165) is 24.2 Å². The Labute approximate surface area is 135 Å². The van der Waals surface area contributed by atoms with Gasteiger partial charge < -0.3 is 15.2 Å². The molecule has 0 saturated heterocycles. The molecule has 2 rings (SSSR count). The summed E-state index contributed by atoms with van der Waals surface area (Å²) in [4.78, 5) is 16.4. The smallest absolute Gasteiger partial charge is 0.315 e. The molecule has 2 amide bonds. The summed E-state index contributed by atoms with van der Waals surface area (Å²) in [5.41, 5.74) is 0.935. The molecule has 1 heterocycles. The average Bonchev–Trinajstić information content (AvgIpc) is 2.92. The zero-order valence-electron chi connectivity index (χ0n) is 12.8. The second kappa shape index (κ2) is 7.84. The minimum Gasteiger partial charge on any atom is -0.338 e. The van der Waals surface area contributed by atoms with Crippen LogP contribution in [-0.2, 0) is 7.05 Å². The van der Waals surface area contributed by atoms with E-state index < -0.39 is 0 Å². The summed E-state index contributed by atoms with van der Waals surface area (Å²) in [6.07, 6.45) is 5.57. The largest absolute Gasteiger partial charge is 0.338 e. The van der Waals surface area contributed by atoms with Crippen molar-refractivity contribution in [1.82, 2.24) is 20.2 Å². The normalized spacial score (nSPS) is 12.0. The van der Waals surface area contributed by atoms with Crippen molar-refractivity contribution in [3.05, 3.63) is 53.1 Å². The Bertz CT molecular complexity index is 609. The van der Waals surface area contributed by atoms with Gasteiger partial charge in [0.25, 0.3) is 0 Å². The van der Waals surface area contributed by atoms with Crippen LogP contribution in [0.1, 0.15) is 37.2 Å². The highest BCUT2D eigenvalue weighted by molar-refractivity contribution is 6.30. The lowest BCUT2D eigenvalue weighted by atomic mass is 10.1. The van der Waals surface area contributed by atoms with Crippen molar-refractivity contribution in [2.75, 3.05) is 6.54 Å². The second-order valence-corrected chi connectivity index (χ2v) is 5.57. The molecule has 2 N–H and O–H groups in total. The van der Waals surface area contributed by atoms with Crippen LogP contribution in [0.25, 0.3) is 0 Å². The monoisotopic (exact) mass is 320 g/mol. The van der Waals surface area contributed by atoms with Gasteiger partial charge in [-0.15, -0.1) is 0 Å². The van der Waals surface area contributed by atoms with Crippen molar-refractivity contribution in [1.29, 1.82) is 0 Å². The zero-order valence-corrected chi connectivity index (χ0v) is 13.6. The highest BCUT2D eigenvalue weighted by atomic mass is 35.5. The SMILES string of the molecule is CCCCNC(=O)NC(c1ccc(Cl)cc1)c1nccn1C. The summed E-state index contributed by atoms with van der Waals surface area (Å²) >= 11 is 5.94. The molecule has 0 bridgehead atoms. The van der Waals surface area contributed by atoms with Crippen LogP contribution in [0, 0.1) is 0 Å². The molecule has 0 fully saturated rings. The summed E-state index contributed by atoms with van der Waals surface area (Å²) < 4.78 is 1.89. The minimum absolute atomic E-state index is 0.198. The molecule has 0 spiro atoms. The fraction of sp³-hybridized carbons (Fsp3) is 0.375. The van der Waals surface area contributed by atoms with Crippen LogP contribution in [0.4, 0.5) is 4.79 Å². The van der Waals surface area contributed by atoms with E-state index in [1.165, 1.54) is 0 Å². The third-order valence-electron chi connectivity index (χ3n) is 3.41. The van der Waals surface area contributed by atoms with E-state index >= 15 is 0 Å². The van der Waals surface area contributed by atoms with Crippen molar-refractivity contribution >= 4 is 17.6 Å². The summed E-state index contributed by atoms with van der Waals surface area (Å²) in [5, 5.41) is 6.50. The summed E-state index contributed by atoms with van der Waals surface area (Å²) in [5.74, 6) is 0.771. The van der Waals surface area contributed by atoms with E-state index in [1.54, 1.807) is 6.20 Å². The number of unbranched alkanes of at least 4 members (excludes halogenated alkanes) is 1. The number of rotatable bonds is 6. The van der Waals surface area contributed by atoms with Crippen molar-refractivity contribution in [3.8, 4) is 0 Å². The maximum Gasteiger partial charge on any atom is 0.315 e. The lowest BCUT2D eigenvalue weighted by molar-refractivity contribution is 0.238. The third-order valence-corrected chi connectivity index (χ3v) is 3.66. The number of imidazole rings is 1. The molecular formula is C16H21ClN4O. The van der Waals surface area contributed by atoms with Gasteiger partial charge in [0.1, 0.15) is 11.9 Å². The van der Waals surface area contributed by atoms with Crippen LogP contribution in [-0.4, -0.2) is 22.1 Å². The number of nitrogens with one attached hydrogen (secondary N) is 2. The molecule has 1 aromatic carbocycles. The summed E-state index contributed by atoms with van der Waals surface area (Å²) in [6.45, 7) is 2.75. The predicted octanol–water partition coefficient (Wildman–Crippen LogP) is 3.26. The van der Waals surface area contributed by atoms with Gasteiger partial charge in [-0.1, -0.05) is 37.1 Å². The van der Waals surface area contributed by atoms with E-state index in [1.807, 2.05) is 42.1 Å². The number of hydrogen-bond donors (Lipinski definition) is 2. The molecule has 0 aliphatic rings. The van der Waals surface area contributed by atoms with Crippen molar-refractivity contribution < 1.29 is 4.79 Å². The van der Waals surface area contributed by atoms with Crippen molar-refractivity contribution in [2.24, 2.45) is 7.05 Å². The van der Waals surface area contributed by atoms with Gasteiger partial charge in [0.15, 0.2) is 0 Å². The molecule has 22 heavy (non-hydrogen) atoms. The van der Waals surface area contributed by atoms with Crippen LogP contribution in [0.15, 0.2) is 36.7 Å². The molecular weight excluding hydrogens is 300 g/mol. The van der Waals surface area contributed by atoms with E-state index in [9.17, 15) is 4.79 Å². The van der Waals surface area contributed by atoms with Gasteiger partial charge >= 0.3 is 6.03 Å². The number of aryl methyl sites for hydroxylation is 1. The van der Waals surface area contributed by atoms with Gasteiger partial charge in [0.05, 0.1) is 0 Å². The molecule has 5 nitrogen and oxygen atoms in total. The highest BCUT2D eigenvalue weighted by Crippen LogP contribution is 2.22. The van der Waals surface area contributed by atoms with Crippen molar-refractivity contribution in [3.63, 3.8) is 0 Å². The lowest BCUT2D eigenvalue weighted by Crippen LogP contribution is -2.39. The van der Waals surface area contributed by atoms with Gasteiger partial charge in [-0.25, -0.2) is 9.78 Å². The predicted molar refractivity (Wildman–Crippen MR) is 87.9 cm³/mol. The third kappa shape index (κ3) is 4.24. The van der Waals surface area contributed by atoms with Crippen molar-refractivity contribution in [2.45, 2.75) is 25.8 Å². The zero-order chi connectivity index (χ0) is 15.9. The van der Waals surface area contributed by atoms with Crippen LogP contribution in [0.3, 0.4) is 0 Å². The van der Waals surface area contributed by atoms with Crippen LogP contribution in [0.2, 0.25) is 5.02 Å². The first-order chi connectivity index (χ1) is 10.6. The lowest BCUT2D eigenvalue weighted by Gasteiger charge is -2.19. The molecule has 0 aliphatic heterocycles. The van der Waals surface area contributed by atoms with E-state index in [4.69, 9.17) is 11.6 Å². The summed E-state index contributed by atoms with van der Waals surface area (Å²) in [6, 6.07) is 6.89. The number of hydrogen-bond acceptors (Lipinski definition) is 2. The molecule has 1 unspecified atom stereocenters. The van der Waals surface area contributed by atoms with Crippen LogP contribution in [0.5, 0.6) is 0 Å². The Morgan fingerprint density at radius 2 is 2.09 bits per heavy atom. The highest BCUT2D eigenvalue weighted by Gasteiger charge is 2.20. The number of aromatic nitrogens is 2. The Kier molecular flexibility index (Phi) is 5.83. The Morgan fingerprint density at radius 1 is 1.36 bits per heavy atom. The first-order valence-electron chi connectivity index (χ1n) is 7.39. The number of halogens is 1. The number of urea groups is 1. The maximum atomic E-state index is 12.1. The van der Waals surface area contributed by atoms with Crippen LogP contribution >= 0.6 is 11.6 Å². The second-order valence-electron chi connectivity index (χ2n) is 5.13. The molecule has 2 aromatic rings. The summed E-state index contributed by atoms with van der Waals surface area (Å²) in [7, 11) is 1.90. The van der Waals surface area contributed by atoms with E-state index in [-0.39, 0.29) is 12.1 Å². The molecule has 0 radical (unpaired) electrons. The van der Waals surface area contributed by atoms with Crippen LogP contribution < -0.4 is 10.6 Å². The van der Waals surface area contributed by atoms with Gasteiger partial charge in [0, 0.05) is 31.0 Å². The molecule has 1 atom stereocenters. The van der Waals surface area contributed by atoms with Gasteiger partial charge in [-0.3, -0.25) is 0 Å². The van der Waals surface area contributed by atoms with E-state index in [2.05, 4.69) is 22.5 Å². The fourth-order valence-electron chi connectivity index (χ4n) is 2.17. The van der Waals surface area contributed by atoms with Gasteiger partial charge in [0.2, 0.25) is 0 Å². The molecule has 6 heteroatoms. The minimum atomic E-state index is -0.320. The molecule has 1 aromatic heterocycles. The first-order valence-corrected chi connectivity index (χ1v) is 7.76. The van der Waals surface area contributed by atoms with E-state index in [0.29, 0.717) is 11.6 Å². The number of nitrogens with zero attached hydrogens (tertiary/aromatic N) is 2. The van der Waals surface area contributed by atoms with Gasteiger partial charge in [-0.2, -0.15) is 0 Å². The molecule has 0 aliphatic carbocycles. The standard InChI is InChI=1S/C16H21ClN4O/c1-3-4-9-19-16(22)20-14(15-18-10-11-21(15)2)12-5-7-13(17)8-6-12/h5-8,10-11,14H,3-4,9H2,1-2H3,(H2,19,20,22).